The summed E-state index contributed by atoms with van der Waals surface area (Å²) in [4.78, 5) is 18.2. The van der Waals surface area contributed by atoms with Crippen molar-refractivity contribution in [2.45, 2.75) is 25.8 Å². The minimum absolute atomic E-state index is 0.0336. The number of nitrogens with two attached hydrogens (primary N) is 1. The van der Waals surface area contributed by atoms with Gasteiger partial charge < -0.3 is 15.2 Å². The Morgan fingerprint density at radius 2 is 2.35 bits per heavy atom. The number of hydrogen-bond acceptors (Lipinski definition) is 3. The molecule has 2 atom stereocenters. The van der Waals surface area contributed by atoms with Crippen molar-refractivity contribution in [2.24, 2.45) is 18.7 Å². The Bertz CT molecular complexity index is 401. The molecule has 5 nitrogen and oxygen atoms in total. The van der Waals surface area contributed by atoms with Crippen LogP contribution in [0, 0.1) is 5.92 Å². The van der Waals surface area contributed by atoms with E-state index < -0.39 is 0 Å². The van der Waals surface area contributed by atoms with Crippen molar-refractivity contribution in [2.75, 3.05) is 13.1 Å². The minimum Gasteiger partial charge on any atom is -0.336 e. The molecule has 1 aliphatic heterocycles. The lowest BCUT2D eigenvalue weighted by Crippen LogP contribution is -2.45. The SMILES string of the molecule is CCN1C(=O)CC[C@H](CN)[C@H]1c1nccn1C. The zero-order chi connectivity index (χ0) is 12.4. The Labute approximate surface area is 102 Å². The first-order valence-electron chi connectivity index (χ1n) is 6.15. The molecule has 94 valence electrons. The van der Waals surface area contributed by atoms with Crippen molar-refractivity contribution in [3.05, 3.63) is 18.2 Å². The second-order valence-electron chi connectivity index (χ2n) is 4.56. The lowest BCUT2D eigenvalue weighted by molar-refractivity contribution is -0.138. The topological polar surface area (TPSA) is 64.2 Å². The average Bonchev–Trinajstić information content (AvgIpc) is 2.74. The summed E-state index contributed by atoms with van der Waals surface area (Å²) in [7, 11) is 1.96. The summed E-state index contributed by atoms with van der Waals surface area (Å²) in [5.41, 5.74) is 5.84. The maximum absolute atomic E-state index is 12.0. The number of imidazole rings is 1. The van der Waals surface area contributed by atoms with E-state index in [2.05, 4.69) is 4.98 Å². The van der Waals surface area contributed by atoms with Gasteiger partial charge in [0.15, 0.2) is 0 Å². The van der Waals surface area contributed by atoms with Crippen LogP contribution < -0.4 is 5.73 Å². The highest BCUT2D eigenvalue weighted by Crippen LogP contribution is 2.34. The number of hydrogen-bond donors (Lipinski definition) is 1. The van der Waals surface area contributed by atoms with Crippen LogP contribution in [0.3, 0.4) is 0 Å². The summed E-state index contributed by atoms with van der Waals surface area (Å²) in [6, 6.07) is 0.0336. The molecule has 2 rings (SSSR count). The van der Waals surface area contributed by atoms with E-state index in [-0.39, 0.29) is 11.9 Å². The molecular weight excluding hydrogens is 216 g/mol. The van der Waals surface area contributed by atoms with E-state index >= 15 is 0 Å². The maximum Gasteiger partial charge on any atom is 0.223 e. The summed E-state index contributed by atoms with van der Waals surface area (Å²) >= 11 is 0. The fraction of sp³-hybridized carbons (Fsp3) is 0.667. The molecule has 5 heteroatoms. The van der Waals surface area contributed by atoms with Gasteiger partial charge in [0.05, 0.1) is 6.04 Å². The van der Waals surface area contributed by atoms with Crippen molar-refractivity contribution >= 4 is 5.91 Å². The number of piperidine rings is 1. The van der Waals surface area contributed by atoms with Crippen LogP contribution in [-0.2, 0) is 11.8 Å². The lowest BCUT2D eigenvalue weighted by Gasteiger charge is -2.39. The number of aryl methyl sites for hydroxylation is 1. The smallest absolute Gasteiger partial charge is 0.223 e. The van der Waals surface area contributed by atoms with E-state index in [0.717, 1.165) is 12.2 Å². The van der Waals surface area contributed by atoms with E-state index in [0.29, 0.717) is 25.4 Å². The Hall–Kier alpha value is -1.36. The van der Waals surface area contributed by atoms with Crippen LogP contribution in [0.1, 0.15) is 31.6 Å². The van der Waals surface area contributed by atoms with Gasteiger partial charge in [-0.15, -0.1) is 0 Å². The zero-order valence-electron chi connectivity index (χ0n) is 10.5. The Balaban J connectivity index is 2.36. The van der Waals surface area contributed by atoms with Crippen LogP contribution in [0.2, 0.25) is 0 Å². The molecule has 2 heterocycles. The second kappa shape index (κ2) is 4.87. The molecule has 2 N–H and O–H groups in total. The number of likely N-dealkylation sites (tertiary alicyclic amines) is 1. The van der Waals surface area contributed by atoms with Gasteiger partial charge in [0.2, 0.25) is 5.91 Å². The third-order valence-electron chi connectivity index (χ3n) is 3.60. The quantitative estimate of drug-likeness (QED) is 0.839. The van der Waals surface area contributed by atoms with Gasteiger partial charge in [0.25, 0.3) is 0 Å². The van der Waals surface area contributed by atoms with Gasteiger partial charge >= 0.3 is 0 Å². The van der Waals surface area contributed by atoms with E-state index in [4.69, 9.17) is 5.73 Å². The summed E-state index contributed by atoms with van der Waals surface area (Å²) < 4.78 is 1.98. The van der Waals surface area contributed by atoms with Crippen LogP contribution in [-0.4, -0.2) is 33.4 Å². The van der Waals surface area contributed by atoms with Gasteiger partial charge in [0.1, 0.15) is 5.82 Å². The molecule has 1 aromatic rings. The molecule has 1 aliphatic rings. The van der Waals surface area contributed by atoms with Crippen LogP contribution >= 0.6 is 0 Å². The maximum atomic E-state index is 12.0. The first kappa shape index (κ1) is 12.1. The first-order chi connectivity index (χ1) is 8.19. The van der Waals surface area contributed by atoms with Gasteiger partial charge in [-0.25, -0.2) is 4.98 Å². The summed E-state index contributed by atoms with van der Waals surface area (Å²) in [6.07, 6.45) is 5.16. The van der Waals surface area contributed by atoms with Crippen LogP contribution in [0.5, 0.6) is 0 Å². The number of amides is 1. The normalized spacial score (nSPS) is 25.4. The fourth-order valence-electron chi connectivity index (χ4n) is 2.65. The molecule has 0 saturated carbocycles. The van der Waals surface area contributed by atoms with Crippen molar-refractivity contribution in [3.63, 3.8) is 0 Å². The highest BCUT2D eigenvalue weighted by atomic mass is 16.2. The summed E-state index contributed by atoms with van der Waals surface area (Å²) in [6.45, 7) is 3.32. The molecule has 0 aromatic carbocycles. The molecule has 0 bridgehead atoms. The van der Waals surface area contributed by atoms with Crippen molar-refractivity contribution in [3.8, 4) is 0 Å². The third-order valence-corrected chi connectivity index (χ3v) is 3.60. The van der Waals surface area contributed by atoms with Gasteiger partial charge in [-0.05, 0) is 25.8 Å². The number of carbonyl (C=O) groups excluding carboxylic acids is 1. The van der Waals surface area contributed by atoms with E-state index in [1.807, 2.05) is 29.6 Å². The minimum atomic E-state index is 0.0336. The Morgan fingerprint density at radius 1 is 1.59 bits per heavy atom. The zero-order valence-corrected chi connectivity index (χ0v) is 10.5. The fourth-order valence-corrected chi connectivity index (χ4v) is 2.65. The molecule has 0 unspecified atom stereocenters. The van der Waals surface area contributed by atoms with Gasteiger partial charge in [-0.1, -0.05) is 0 Å². The van der Waals surface area contributed by atoms with Crippen LogP contribution in [0.25, 0.3) is 0 Å². The molecule has 1 fully saturated rings. The predicted molar refractivity (Wildman–Crippen MR) is 65.1 cm³/mol. The monoisotopic (exact) mass is 236 g/mol. The summed E-state index contributed by atoms with van der Waals surface area (Å²) in [5, 5.41) is 0. The third kappa shape index (κ3) is 2.07. The van der Waals surface area contributed by atoms with Crippen LogP contribution in [0.4, 0.5) is 0 Å². The lowest BCUT2D eigenvalue weighted by atomic mass is 9.88. The van der Waals surface area contributed by atoms with Gasteiger partial charge in [0, 0.05) is 32.4 Å². The van der Waals surface area contributed by atoms with Crippen molar-refractivity contribution in [1.82, 2.24) is 14.5 Å². The average molecular weight is 236 g/mol. The Kier molecular flexibility index (Phi) is 3.47. The first-order valence-corrected chi connectivity index (χ1v) is 6.15. The van der Waals surface area contributed by atoms with E-state index in [9.17, 15) is 4.79 Å². The number of aromatic nitrogens is 2. The number of nitrogens with zero attached hydrogens (tertiary/aromatic N) is 3. The van der Waals surface area contributed by atoms with E-state index in [1.165, 1.54) is 0 Å². The molecule has 1 aromatic heterocycles. The molecule has 17 heavy (non-hydrogen) atoms. The largest absolute Gasteiger partial charge is 0.336 e. The number of rotatable bonds is 3. The Morgan fingerprint density at radius 3 is 2.88 bits per heavy atom. The standard InChI is InChI=1S/C12H20N4O/c1-3-16-10(17)5-4-9(8-13)11(16)12-14-6-7-15(12)2/h6-7,9,11H,3-5,8,13H2,1-2H3/t9-,11+/m1/s1. The van der Waals surface area contributed by atoms with Crippen molar-refractivity contribution in [1.29, 1.82) is 0 Å². The van der Waals surface area contributed by atoms with Crippen LogP contribution in [0.15, 0.2) is 12.4 Å². The van der Waals surface area contributed by atoms with Gasteiger partial charge in [-0.2, -0.15) is 0 Å². The molecule has 0 radical (unpaired) electrons. The van der Waals surface area contributed by atoms with E-state index in [1.54, 1.807) is 6.20 Å². The van der Waals surface area contributed by atoms with Crippen molar-refractivity contribution < 1.29 is 4.79 Å². The highest BCUT2D eigenvalue weighted by molar-refractivity contribution is 5.77. The second-order valence-corrected chi connectivity index (χ2v) is 4.56. The molecular formula is C12H20N4O. The highest BCUT2D eigenvalue weighted by Gasteiger charge is 2.37. The molecule has 1 saturated heterocycles. The number of carbonyl (C=O) groups is 1. The molecule has 0 aliphatic carbocycles. The molecule has 0 spiro atoms. The van der Waals surface area contributed by atoms with Gasteiger partial charge in [-0.3, -0.25) is 4.79 Å². The molecule has 1 amide bonds. The summed E-state index contributed by atoms with van der Waals surface area (Å²) in [5.74, 6) is 1.47. The predicted octanol–water partition coefficient (Wildman–Crippen LogP) is 0.678.